The van der Waals surface area contributed by atoms with Crippen LogP contribution in [0, 0.1) is 0 Å². The number of ether oxygens (including phenoxy) is 2. The van der Waals surface area contributed by atoms with Crippen molar-refractivity contribution >= 4 is 28.4 Å². The highest BCUT2D eigenvalue weighted by molar-refractivity contribution is 6.38. The van der Waals surface area contributed by atoms with Crippen LogP contribution in [0.4, 0.5) is 0 Å². The van der Waals surface area contributed by atoms with Gasteiger partial charge in [0.15, 0.2) is 0 Å². The van der Waals surface area contributed by atoms with Crippen LogP contribution in [0.3, 0.4) is 0 Å². The molecular formula is C21H23ClN2O3. The van der Waals surface area contributed by atoms with E-state index in [1.807, 2.05) is 48.5 Å². The topological polar surface area (TPSA) is 54.6 Å². The van der Waals surface area contributed by atoms with Crippen molar-refractivity contribution in [1.82, 2.24) is 9.88 Å². The maximum atomic E-state index is 13.2. The highest BCUT2D eigenvalue weighted by atomic mass is 35.5. The van der Waals surface area contributed by atoms with Gasteiger partial charge >= 0.3 is 0 Å². The summed E-state index contributed by atoms with van der Waals surface area (Å²) >= 11 is 6.48. The van der Waals surface area contributed by atoms with Crippen molar-refractivity contribution in [2.24, 2.45) is 0 Å². The van der Waals surface area contributed by atoms with Crippen molar-refractivity contribution in [2.45, 2.75) is 13.0 Å². The summed E-state index contributed by atoms with van der Waals surface area (Å²) in [4.78, 5) is 18.2. The van der Waals surface area contributed by atoms with Crippen molar-refractivity contribution in [1.29, 1.82) is 0 Å². The molecule has 0 aliphatic rings. The van der Waals surface area contributed by atoms with Crippen molar-refractivity contribution in [2.75, 3.05) is 27.4 Å². The van der Waals surface area contributed by atoms with Crippen LogP contribution in [-0.2, 0) is 11.3 Å². The number of nitrogens with one attached hydrogen (secondary N) is 1. The number of aromatic amines is 1. The van der Waals surface area contributed by atoms with E-state index in [1.54, 1.807) is 19.1 Å². The van der Waals surface area contributed by atoms with E-state index < -0.39 is 0 Å². The first-order valence-corrected chi connectivity index (χ1v) is 9.19. The van der Waals surface area contributed by atoms with E-state index >= 15 is 0 Å². The molecule has 0 aliphatic heterocycles. The lowest BCUT2D eigenvalue weighted by molar-refractivity contribution is 0.0719. The summed E-state index contributed by atoms with van der Waals surface area (Å²) in [7, 11) is 3.29. The third-order valence-electron chi connectivity index (χ3n) is 4.45. The van der Waals surface area contributed by atoms with Crippen molar-refractivity contribution < 1.29 is 14.3 Å². The zero-order valence-electron chi connectivity index (χ0n) is 15.5. The van der Waals surface area contributed by atoms with Crippen LogP contribution in [0.15, 0.2) is 48.5 Å². The summed E-state index contributed by atoms with van der Waals surface area (Å²) in [5.41, 5.74) is 2.30. The lowest BCUT2D eigenvalue weighted by Crippen LogP contribution is -2.32. The van der Waals surface area contributed by atoms with Crippen LogP contribution in [0.1, 0.15) is 22.5 Å². The smallest absolute Gasteiger partial charge is 0.272 e. The molecule has 0 atom stereocenters. The molecule has 1 aromatic heterocycles. The predicted molar refractivity (Wildman–Crippen MR) is 108 cm³/mol. The first-order valence-electron chi connectivity index (χ1n) is 8.81. The lowest BCUT2D eigenvalue weighted by Gasteiger charge is -2.22. The Morgan fingerprint density at radius 3 is 2.52 bits per heavy atom. The van der Waals surface area contributed by atoms with Gasteiger partial charge in [-0.2, -0.15) is 0 Å². The number of rotatable bonds is 8. The van der Waals surface area contributed by atoms with Gasteiger partial charge < -0.3 is 19.4 Å². The Balaban J connectivity index is 1.85. The number of aromatic nitrogens is 1. The normalized spacial score (nSPS) is 10.9. The Labute approximate surface area is 163 Å². The van der Waals surface area contributed by atoms with Gasteiger partial charge in [-0.15, -0.1) is 0 Å². The Morgan fingerprint density at radius 1 is 1.11 bits per heavy atom. The van der Waals surface area contributed by atoms with Gasteiger partial charge in [0.2, 0.25) is 0 Å². The Morgan fingerprint density at radius 2 is 1.85 bits per heavy atom. The van der Waals surface area contributed by atoms with Crippen molar-refractivity contribution in [3.63, 3.8) is 0 Å². The number of methoxy groups -OCH3 is 2. The molecule has 1 heterocycles. The fourth-order valence-corrected chi connectivity index (χ4v) is 3.31. The van der Waals surface area contributed by atoms with Gasteiger partial charge in [0.05, 0.1) is 12.1 Å². The van der Waals surface area contributed by atoms with Gasteiger partial charge in [0, 0.05) is 37.7 Å². The van der Waals surface area contributed by atoms with E-state index in [0.29, 0.717) is 30.4 Å². The molecule has 0 spiro atoms. The van der Waals surface area contributed by atoms with Crippen molar-refractivity contribution in [3.05, 3.63) is 64.8 Å². The molecule has 2 aromatic carbocycles. The van der Waals surface area contributed by atoms with Gasteiger partial charge in [-0.1, -0.05) is 41.9 Å². The molecule has 0 aliphatic carbocycles. The van der Waals surface area contributed by atoms with E-state index in [2.05, 4.69) is 4.98 Å². The van der Waals surface area contributed by atoms with E-state index in [1.165, 1.54) is 0 Å². The second-order valence-electron chi connectivity index (χ2n) is 6.28. The molecule has 6 heteroatoms. The summed E-state index contributed by atoms with van der Waals surface area (Å²) in [5.74, 6) is 0.665. The van der Waals surface area contributed by atoms with Crippen LogP contribution >= 0.6 is 11.6 Å². The number of halogens is 1. The molecule has 0 bridgehead atoms. The van der Waals surface area contributed by atoms with Gasteiger partial charge in [0.25, 0.3) is 5.91 Å². The molecule has 0 saturated carbocycles. The van der Waals surface area contributed by atoms with Crippen molar-refractivity contribution in [3.8, 4) is 5.75 Å². The molecule has 0 unspecified atom stereocenters. The fraction of sp³-hybridized carbons (Fsp3) is 0.286. The molecule has 1 amide bonds. The molecule has 1 N–H and O–H groups in total. The molecule has 142 valence electrons. The zero-order valence-corrected chi connectivity index (χ0v) is 16.3. The number of nitrogens with zero attached hydrogens (tertiary/aromatic N) is 1. The van der Waals surface area contributed by atoms with Gasteiger partial charge in [0.1, 0.15) is 11.4 Å². The second kappa shape index (κ2) is 8.93. The lowest BCUT2D eigenvalue weighted by atomic mass is 10.2. The monoisotopic (exact) mass is 386 g/mol. The van der Waals surface area contributed by atoms with E-state index in [9.17, 15) is 4.79 Å². The number of benzene rings is 2. The number of carbonyl (C=O) groups excluding carboxylic acids is 1. The Kier molecular flexibility index (Phi) is 6.37. The molecule has 0 radical (unpaired) electrons. The minimum absolute atomic E-state index is 0.122. The predicted octanol–water partition coefficient (Wildman–Crippen LogP) is 4.51. The number of H-pyrrole nitrogens is 1. The van der Waals surface area contributed by atoms with Gasteiger partial charge in [-0.25, -0.2) is 0 Å². The average molecular weight is 387 g/mol. The average Bonchev–Trinajstić information content (AvgIpc) is 3.04. The minimum Gasteiger partial charge on any atom is -0.497 e. The molecular weight excluding hydrogens is 364 g/mol. The maximum Gasteiger partial charge on any atom is 0.272 e. The van der Waals surface area contributed by atoms with Crippen LogP contribution in [0.5, 0.6) is 5.75 Å². The van der Waals surface area contributed by atoms with Gasteiger partial charge in [-0.05, 0) is 30.2 Å². The molecule has 0 fully saturated rings. The summed E-state index contributed by atoms with van der Waals surface area (Å²) in [6, 6.07) is 15.3. The summed E-state index contributed by atoms with van der Waals surface area (Å²) in [6.07, 6.45) is 0.746. The standard InChI is InChI=1S/C21H23ClN2O3/c1-26-13-5-12-24(14-15-8-10-16(27-2)11-9-15)21(25)20-19(22)17-6-3-4-7-18(17)23-20/h3-4,6-11,23H,5,12-14H2,1-2H3. The van der Waals surface area contributed by atoms with E-state index in [4.69, 9.17) is 21.1 Å². The maximum absolute atomic E-state index is 13.2. The van der Waals surface area contributed by atoms with Crippen LogP contribution in [0.2, 0.25) is 5.02 Å². The largest absolute Gasteiger partial charge is 0.497 e. The van der Waals surface area contributed by atoms with Crippen LogP contribution in [-0.4, -0.2) is 43.2 Å². The number of para-hydroxylation sites is 1. The third kappa shape index (κ3) is 4.43. The molecule has 5 nitrogen and oxygen atoms in total. The number of hydrogen-bond donors (Lipinski definition) is 1. The van der Waals surface area contributed by atoms with E-state index in [0.717, 1.165) is 28.6 Å². The SMILES string of the molecule is COCCCN(Cc1ccc(OC)cc1)C(=O)c1[nH]c2ccccc2c1Cl. The first kappa shape index (κ1) is 19.3. The summed E-state index contributed by atoms with van der Waals surface area (Å²) in [6.45, 7) is 1.65. The molecule has 27 heavy (non-hydrogen) atoms. The van der Waals surface area contributed by atoms with Gasteiger partial charge in [-0.3, -0.25) is 4.79 Å². The Hall–Kier alpha value is -2.50. The molecule has 3 rings (SSSR count). The van der Waals surface area contributed by atoms with Crippen LogP contribution in [0.25, 0.3) is 10.9 Å². The number of fused-ring (bicyclic) bond motifs is 1. The zero-order chi connectivity index (χ0) is 19.2. The van der Waals surface area contributed by atoms with E-state index in [-0.39, 0.29) is 5.91 Å². The summed E-state index contributed by atoms with van der Waals surface area (Å²) in [5, 5.41) is 1.31. The second-order valence-corrected chi connectivity index (χ2v) is 6.66. The quantitative estimate of drug-likeness (QED) is 0.579. The highest BCUT2D eigenvalue weighted by Crippen LogP contribution is 2.28. The number of amides is 1. The molecule has 3 aromatic rings. The fourth-order valence-electron chi connectivity index (χ4n) is 3.02. The highest BCUT2D eigenvalue weighted by Gasteiger charge is 2.22. The Bertz CT molecular complexity index is 905. The number of carbonyl (C=O) groups is 1. The van der Waals surface area contributed by atoms with Crippen LogP contribution < -0.4 is 4.74 Å². The number of hydrogen-bond acceptors (Lipinski definition) is 3. The minimum atomic E-state index is -0.122. The first-order chi connectivity index (χ1) is 13.1. The summed E-state index contributed by atoms with van der Waals surface area (Å²) < 4.78 is 10.3. The third-order valence-corrected chi connectivity index (χ3v) is 4.85. The molecule has 0 saturated heterocycles.